The summed E-state index contributed by atoms with van der Waals surface area (Å²) in [6.45, 7) is 1.86. The van der Waals surface area contributed by atoms with E-state index in [0.717, 1.165) is 31.4 Å². The number of carbonyl (C=O) groups excluding carboxylic acids is 1. The van der Waals surface area contributed by atoms with Crippen molar-refractivity contribution < 1.29 is 14.1 Å². The van der Waals surface area contributed by atoms with E-state index in [9.17, 15) is 19.3 Å². The fourth-order valence-electron chi connectivity index (χ4n) is 2.40. The van der Waals surface area contributed by atoms with Crippen LogP contribution in [0.1, 0.15) is 35.2 Å². The van der Waals surface area contributed by atoms with E-state index in [4.69, 9.17) is 0 Å². The molecular formula is C15H17FN2O3. The molecule has 0 saturated carbocycles. The number of hydrogen-bond donors (Lipinski definition) is 1. The van der Waals surface area contributed by atoms with Crippen LogP contribution in [0.25, 0.3) is 0 Å². The quantitative estimate of drug-likeness (QED) is 0.526. The highest BCUT2D eigenvalue weighted by atomic mass is 19.1. The summed E-state index contributed by atoms with van der Waals surface area (Å²) in [4.78, 5) is 22.2. The number of aryl methyl sites for hydroxylation is 1. The predicted molar refractivity (Wildman–Crippen MR) is 76.6 cm³/mol. The van der Waals surface area contributed by atoms with Gasteiger partial charge in [0.15, 0.2) is 0 Å². The zero-order valence-electron chi connectivity index (χ0n) is 11.8. The second-order valence-corrected chi connectivity index (χ2v) is 5.24. The average Bonchev–Trinajstić information content (AvgIpc) is 2.48. The highest BCUT2D eigenvalue weighted by molar-refractivity contribution is 5.95. The minimum atomic E-state index is -0.707. The van der Waals surface area contributed by atoms with Crippen molar-refractivity contribution in [2.75, 3.05) is 6.54 Å². The monoisotopic (exact) mass is 292 g/mol. The van der Waals surface area contributed by atoms with Gasteiger partial charge in [0.25, 0.3) is 11.6 Å². The van der Waals surface area contributed by atoms with Gasteiger partial charge in [-0.3, -0.25) is 14.9 Å². The molecule has 0 aromatic heterocycles. The van der Waals surface area contributed by atoms with E-state index in [1.165, 1.54) is 6.92 Å². The molecule has 1 aromatic carbocycles. The second kappa shape index (κ2) is 6.47. The summed E-state index contributed by atoms with van der Waals surface area (Å²) in [7, 11) is 0. The second-order valence-electron chi connectivity index (χ2n) is 5.24. The number of amides is 1. The van der Waals surface area contributed by atoms with E-state index in [1.807, 2.05) is 0 Å². The highest BCUT2D eigenvalue weighted by Crippen LogP contribution is 2.21. The minimum Gasteiger partial charge on any atom is -0.352 e. The van der Waals surface area contributed by atoms with Gasteiger partial charge in [-0.05, 0) is 37.7 Å². The lowest BCUT2D eigenvalue weighted by atomic mass is 9.94. The van der Waals surface area contributed by atoms with Crippen LogP contribution in [-0.2, 0) is 0 Å². The first-order chi connectivity index (χ1) is 9.99. The number of hydrogen-bond acceptors (Lipinski definition) is 3. The molecule has 1 aliphatic carbocycles. The Kier molecular flexibility index (Phi) is 4.67. The molecule has 0 aliphatic heterocycles. The number of carbonyl (C=O) groups is 1. The van der Waals surface area contributed by atoms with Crippen molar-refractivity contribution in [3.63, 3.8) is 0 Å². The van der Waals surface area contributed by atoms with Crippen molar-refractivity contribution in [1.82, 2.24) is 5.32 Å². The van der Waals surface area contributed by atoms with Crippen molar-refractivity contribution in [1.29, 1.82) is 0 Å². The SMILES string of the molecule is Cc1cc([N+](=O)[O-])cc(C(=O)NCC2CC=CCC2)c1F. The Bertz CT molecular complexity index is 599. The van der Waals surface area contributed by atoms with Gasteiger partial charge in [0.2, 0.25) is 0 Å². The first-order valence-electron chi connectivity index (χ1n) is 6.86. The molecule has 0 radical (unpaired) electrons. The van der Waals surface area contributed by atoms with Crippen LogP contribution in [0.3, 0.4) is 0 Å². The molecule has 1 amide bonds. The number of allylic oxidation sites excluding steroid dienone is 2. The van der Waals surface area contributed by atoms with Crippen LogP contribution in [-0.4, -0.2) is 17.4 Å². The topological polar surface area (TPSA) is 72.2 Å². The van der Waals surface area contributed by atoms with Crippen molar-refractivity contribution in [2.45, 2.75) is 26.2 Å². The predicted octanol–water partition coefficient (Wildman–Crippen LogP) is 3.13. The van der Waals surface area contributed by atoms with Crippen molar-refractivity contribution >= 4 is 11.6 Å². The van der Waals surface area contributed by atoms with Gasteiger partial charge in [-0.2, -0.15) is 0 Å². The molecule has 5 nitrogen and oxygen atoms in total. The molecule has 0 saturated heterocycles. The minimum absolute atomic E-state index is 0.0925. The summed E-state index contributed by atoms with van der Waals surface area (Å²) in [5.41, 5.74) is -0.456. The number of halogens is 1. The van der Waals surface area contributed by atoms with Gasteiger partial charge in [-0.1, -0.05) is 12.2 Å². The Balaban J connectivity index is 2.11. The molecule has 1 unspecified atom stereocenters. The van der Waals surface area contributed by atoms with Crippen LogP contribution in [0.2, 0.25) is 0 Å². The normalized spacial score (nSPS) is 17.5. The molecule has 21 heavy (non-hydrogen) atoms. The number of nitro benzene ring substituents is 1. The van der Waals surface area contributed by atoms with Gasteiger partial charge in [0, 0.05) is 18.7 Å². The van der Waals surface area contributed by atoms with Crippen molar-refractivity contribution in [3.05, 3.63) is 51.3 Å². The number of nitrogens with zero attached hydrogens (tertiary/aromatic N) is 1. The van der Waals surface area contributed by atoms with E-state index in [2.05, 4.69) is 17.5 Å². The summed E-state index contributed by atoms with van der Waals surface area (Å²) in [6, 6.07) is 2.11. The largest absolute Gasteiger partial charge is 0.352 e. The van der Waals surface area contributed by atoms with Gasteiger partial charge in [-0.25, -0.2) is 4.39 Å². The summed E-state index contributed by atoms with van der Waals surface area (Å²) >= 11 is 0. The molecule has 2 rings (SSSR count). The summed E-state index contributed by atoms with van der Waals surface area (Å²) in [6.07, 6.45) is 7.01. The Morgan fingerprint density at radius 2 is 2.24 bits per heavy atom. The van der Waals surface area contributed by atoms with Crippen LogP contribution in [0.5, 0.6) is 0 Å². The first kappa shape index (κ1) is 15.2. The molecule has 1 N–H and O–H groups in total. The third-order valence-electron chi connectivity index (χ3n) is 3.62. The third kappa shape index (κ3) is 3.65. The lowest BCUT2D eigenvalue weighted by Gasteiger charge is -2.18. The van der Waals surface area contributed by atoms with Crippen LogP contribution in [0.4, 0.5) is 10.1 Å². The molecular weight excluding hydrogens is 275 g/mol. The lowest BCUT2D eigenvalue weighted by Crippen LogP contribution is -2.30. The van der Waals surface area contributed by atoms with Crippen LogP contribution in [0.15, 0.2) is 24.3 Å². The maximum absolute atomic E-state index is 14.0. The fourth-order valence-corrected chi connectivity index (χ4v) is 2.40. The van der Waals surface area contributed by atoms with Gasteiger partial charge in [0.1, 0.15) is 5.82 Å². The number of non-ortho nitro benzene ring substituents is 1. The van der Waals surface area contributed by atoms with E-state index < -0.39 is 16.6 Å². The number of nitro groups is 1. The van der Waals surface area contributed by atoms with Gasteiger partial charge >= 0.3 is 0 Å². The summed E-state index contributed by atoms with van der Waals surface area (Å²) in [5.74, 6) is -0.975. The zero-order chi connectivity index (χ0) is 15.4. The van der Waals surface area contributed by atoms with Gasteiger partial charge < -0.3 is 5.32 Å². The number of benzene rings is 1. The van der Waals surface area contributed by atoms with E-state index in [1.54, 1.807) is 0 Å². The molecule has 6 heteroatoms. The van der Waals surface area contributed by atoms with Gasteiger partial charge in [-0.15, -0.1) is 0 Å². The summed E-state index contributed by atoms with van der Waals surface area (Å²) in [5, 5.41) is 13.5. The molecule has 0 spiro atoms. The Hall–Kier alpha value is -2.24. The fraction of sp³-hybridized carbons (Fsp3) is 0.400. The van der Waals surface area contributed by atoms with E-state index in [-0.39, 0.29) is 16.8 Å². The van der Waals surface area contributed by atoms with E-state index >= 15 is 0 Å². The molecule has 0 fully saturated rings. The van der Waals surface area contributed by atoms with Crippen molar-refractivity contribution in [2.24, 2.45) is 5.92 Å². The van der Waals surface area contributed by atoms with Crippen LogP contribution in [0, 0.1) is 28.8 Å². The molecule has 0 bridgehead atoms. The molecule has 0 heterocycles. The highest BCUT2D eigenvalue weighted by Gasteiger charge is 2.20. The van der Waals surface area contributed by atoms with E-state index in [0.29, 0.717) is 12.5 Å². The average molecular weight is 292 g/mol. The maximum atomic E-state index is 14.0. The lowest BCUT2D eigenvalue weighted by molar-refractivity contribution is -0.385. The Morgan fingerprint density at radius 3 is 2.86 bits per heavy atom. The smallest absolute Gasteiger partial charge is 0.270 e. The first-order valence-corrected chi connectivity index (χ1v) is 6.86. The molecule has 1 atom stereocenters. The molecule has 1 aliphatic rings. The molecule has 1 aromatic rings. The van der Waals surface area contributed by atoms with Crippen LogP contribution >= 0.6 is 0 Å². The number of nitrogens with one attached hydrogen (secondary N) is 1. The number of rotatable bonds is 4. The standard InChI is InChI=1S/C15H17FN2O3/c1-10-7-12(18(20)21)8-13(14(10)16)15(19)17-9-11-5-3-2-4-6-11/h2-3,7-8,11H,4-6,9H2,1H3,(H,17,19). The summed E-state index contributed by atoms with van der Waals surface area (Å²) < 4.78 is 14.0. The Labute approximate surface area is 122 Å². The van der Waals surface area contributed by atoms with Crippen LogP contribution < -0.4 is 5.32 Å². The zero-order valence-corrected chi connectivity index (χ0v) is 11.8. The third-order valence-corrected chi connectivity index (χ3v) is 3.62. The van der Waals surface area contributed by atoms with Crippen molar-refractivity contribution in [3.8, 4) is 0 Å². The Morgan fingerprint density at radius 1 is 1.48 bits per heavy atom. The maximum Gasteiger partial charge on any atom is 0.270 e. The van der Waals surface area contributed by atoms with Gasteiger partial charge in [0.05, 0.1) is 10.5 Å². The molecule has 112 valence electrons.